The van der Waals surface area contributed by atoms with Crippen LogP contribution >= 0.6 is 0 Å². The predicted molar refractivity (Wildman–Crippen MR) is 75.2 cm³/mol. The van der Waals surface area contributed by atoms with E-state index in [0.29, 0.717) is 0 Å². The van der Waals surface area contributed by atoms with Crippen molar-refractivity contribution >= 4 is 11.6 Å². The van der Waals surface area contributed by atoms with E-state index in [9.17, 15) is 31.1 Å². The van der Waals surface area contributed by atoms with E-state index in [1.807, 2.05) is 0 Å². The van der Waals surface area contributed by atoms with Crippen molar-refractivity contribution < 1.29 is 31.1 Å². The lowest BCUT2D eigenvalue weighted by atomic mass is 10.1. The van der Waals surface area contributed by atoms with Gasteiger partial charge in [0, 0.05) is 5.69 Å². The second kappa shape index (κ2) is 6.54. The molecular weight excluding hydrogens is 336 g/mol. The molecule has 2 nitrogen and oxygen atoms in total. The van der Waals surface area contributed by atoms with E-state index < -0.39 is 29.4 Å². The molecule has 0 bridgehead atoms. The van der Waals surface area contributed by atoms with Gasteiger partial charge in [-0.15, -0.1) is 0 Å². The first-order valence-electron chi connectivity index (χ1n) is 6.69. The van der Waals surface area contributed by atoms with Crippen LogP contribution in [-0.2, 0) is 23.6 Å². The smallest absolute Gasteiger partial charge is 0.326 e. The van der Waals surface area contributed by atoms with Crippen molar-refractivity contribution in [3.63, 3.8) is 0 Å². The van der Waals surface area contributed by atoms with Gasteiger partial charge in [0.1, 0.15) is 0 Å². The number of rotatable bonds is 3. The normalized spacial score (nSPS) is 12.1. The van der Waals surface area contributed by atoms with Crippen molar-refractivity contribution in [2.75, 3.05) is 5.32 Å². The Hall–Kier alpha value is -2.51. The molecule has 1 N–H and O–H groups in total. The van der Waals surface area contributed by atoms with Crippen LogP contribution in [0.15, 0.2) is 48.5 Å². The summed E-state index contributed by atoms with van der Waals surface area (Å²) in [5.74, 6) is -0.714. The maximum atomic E-state index is 12.6. The Bertz CT molecular complexity index is 674. The zero-order valence-corrected chi connectivity index (χ0v) is 12.0. The lowest BCUT2D eigenvalue weighted by Crippen LogP contribution is -2.16. The molecule has 0 aliphatic heterocycles. The second-order valence-electron chi connectivity index (χ2n) is 5.00. The van der Waals surface area contributed by atoms with Crippen LogP contribution in [-0.4, -0.2) is 5.91 Å². The molecule has 2 rings (SSSR count). The Morgan fingerprint density at radius 2 is 1.38 bits per heavy atom. The summed E-state index contributed by atoms with van der Waals surface area (Å²) in [5.41, 5.74) is -1.80. The van der Waals surface area contributed by atoms with Crippen molar-refractivity contribution in [2.45, 2.75) is 18.8 Å². The molecule has 1 amide bonds. The number of halogens is 6. The largest absolute Gasteiger partial charge is 0.416 e. The molecule has 0 heterocycles. The molecule has 0 saturated heterocycles. The molecule has 0 fully saturated rings. The standard InChI is InChI=1S/C16H11F6NO/c17-15(18,19)11-4-1-3-10(7-11)8-14(24)23-13-6-2-5-12(9-13)16(20,21)22/h1-7,9H,8H2,(H,23,24). The summed E-state index contributed by atoms with van der Waals surface area (Å²) in [6.45, 7) is 0. The topological polar surface area (TPSA) is 29.1 Å². The van der Waals surface area contributed by atoms with Crippen LogP contribution in [0.4, 0.5) is 32.0 Å². The highest BCUT2D eigenvalue weighted by Crippen LogP contribution is 2.31. The number of anilines is 1. The Labute approximate surface area is 133 Å². The summed E-state index contributed by atoms with van der Waals surface area (Å²) in [6.07, 6.45) is -9.48. The Kier molecular flexibility index (Phi) is 4.86. The fraction of sp³-hybridized carbons (Fsp3) is 0.188. The van der Waals surface area contributed by atoms with Gasteiger partial charge in [0.25, 0.3) is 0 Å². The fourth-order valence-corrected chi connectivity index (χ4v) is 2.02. The minimum Gasteiger partial charge on any atom is -0.326 e. The van der Waals surface area contributed by atoms with Crippen LogP contribution in [0, 0.1) is 0 Å². The van der Waals surface area contributed by atoms with Gasteiger partial charge >= 0.3 is 12.4 Å². The zero-order valence-electron chi connectivity index (χ0n) is 12.0. The first-order valence-corrected chi connectivity index (χ1v) is 6.69. The third-order valence-corrected chi connectivity index (χ3v) is 3.09. The number of carbonyl (C=O) groups excluding carboxylic acids is 1. The third kappa shape index (κ3) is 4.74. The predicted octanol–water partition coefficient (Wildman–Crippen LogP) is 4.91. The van der Waals surface area contributed by atoms with Crippen LogP contribution in [0.3, 0.4) is 0 Å². The Morgan fingerprint density at radius 3 is 1.96 bits per heavy atom. The number of amides is 1. The van der Waals surface area contributed by atoms with Crippen LogP contribution < -0.4 is 5.32 Å². The second-order valence-corrected chi connectivity index (χ2v) is 5.00. The van der Waals surface area contributed by atoms with Crippen LogP contribution in [0.5, 0.6) is 0 Å². The molecule has 0 unspecified atom stereocenters. The van der Waals surface area contributed by atoms with E-state index in [1.165, 1.54) is 12.1 Å². The average Bonchev–Trinajstić information content (AvgIpc) is 2.46. The summed E-state index contributed by atoms with van der Waals surface area (Å²) >= 11 is 0. The van der Waals surface area contributed by atoms with E-state index in [0.717, 1.165) is 36.4 Å². The van der Waals surface area contributed by atoms with E-state index in [2.05, 4.69) is 5.32 Å². The van der Waals surface area contributed by atoms with Crippen molar-refractivity contribution in [2.24, 2.45) is 0 Å². The van der Waals surface area contributed by atoms with Gasteiger partial charge in [-0.25, -0.2) is 0 Å². The van der Waals surface area contributed by atoms with Crippen molar-refractivity contribution in [3.05, 3.63) is 65.2 Å². The SMILES string of the molecule is O=C(Cc1cccc(C(F)(F)F)c1)Nc1cccc(C(F)(F)F)c1. The number of carbonyl (C=O) groups is 1. The van der Waals surface area contributed by atoms with Crippen LogP contribution in [0.25, 0.3) is 0 Å². The zero-order chi connectivity index (χ0) is 18.0. The number of hydrogen-bond acceptors (Lipinski definition) is 1. The van der Waals surface area contributed by atoms with E-state index in [4.69, 9.17) is 0 Å². The molecule has 0 saturated carbocycles. The number of hydrogen-bond donors (Lipinski definition) is 1. The molecule has 0 aliphatic rings. The molecule has 0 atom stereocenters. The van der Waals surface area contributed by atoms with Crippen molar-refractivity contribution in [1.29, 1.82) is 0 Å². The first-order chi connectivity index (χ1) is 11.1. The summed E-state index contributed by atoms with van der Waals surface area (Å²) in [6, 6.07) is 8.19. The highest BCUT2D eigenvalue weighted by atomic mass is 19.4. The van der Waals surface area contributed by atoms with Crippen LogP contribution in [0.2, 0.25) is 0 Å². The molecule has 8 heteroatoms. The van der Waals surface area contributed by atoms with E-state index in [-0.39, 0.29) is 17.7 Å². The highest BCUT2D eigenvalue weighted by Gasteiger charge is 2.31. The highest BCUT2D eigenvalue weighted by molar-refractivity contribution is 5.92. The summed E-state index contributed by atoms with van der Waals surface area (Å²) in [7, 11) is 0. The van der Waals surface area contributed by atoms with Gasteiger partial charge in [0.2, 0.25) is 5.91 Å². The average molecular weight is 347 g/mol. The van der Waals surface area contributed by atoms with Gasteiger partial charge < -0.3 is 5.32 Å². The van der Waals surface area contributed by atoms with E-state index >= 15 is 0 Å². The molecule has 0 aliphatic carbocycles. The Morgan fingerprint density at radius 1 is 0.833 bits per heavy atom. The van der Waals surface area contributed by atoms with Gasteiger partial charge in [-0.05, 0) is 29.8 Å². The third-order valence-electron chi connectivity index (χ3n) is 3.09. The molecular formula is C16H11F6NO. The number of alkyl halides is 6. The van der Waals surface area contributed by atoms with Gasteiger partial charge in [-0.1, -0.05) is 24.3 Å². The molecule has 128 valence electrons. The molecule has 2 aromatic rings. The van der Waals surface area contributed by atoms with E-state index in [1.54, 1.807) is 0 Å². The molecule has 0 aromatic heterocycles. The van der Waals surface area contributed by atoms with Gasteiger partial charge in [-0.2, -0.15) is 26.3 Å². The molecule has 0 spiro atoms. The maximum Gasteiger partial charge on any atom is 0.416 e. The van der Waals surface area contributed by atoms with Crippen molar-refractivity contribution in [3.8, 4) is 0 Å². The minimum atomic E-state index is -4.55. The molecule has 0 radical (unpaired) electrons. The fourth-order valence-electron chi connectivity index (χ4n) is 2.02. The lowest BCUT2D eigenvalue weighted by Gasteiger charge is -2.11. The minimum absolute atomic E-state index is 0.0817. The Balaban J connectivity index is 2.09. The summed E-state index contributed by atoms with van der Waals surface area (Å²) < 4.78 is 75.6. The maximum absolute atomic E-state index is 12.6. The molecule has 2 aromatic carbocycles. The van der Waals surface area contributed by atoms with Gasteiger partial charge in [-0.3, -0.25) is 4.79 Å². The first kappa shape index (κ1) is 17.8. The summed E-state index contributed by atoms with van der Waals surface area (Å²) in [5, 5.41) is 2.24. The summed E-state index contributed by atoms with van der Waals surface area (Å²) in [4.78, 5) is 11.8. The lowest BCUT2D eigenvalue weighted by molar-refractivity contribution is -0.138. The van der Waals surface area contributed by atoms with Crippen molar-refractivity contribution in [1.82, 2.24) is 0 Å². The van der Waals surface area contributed by atoms with Crippen LogP contribution in [0.1, 0.15) is 16.7 Å². The number of benzene rings is 2. The van der Waals surface area contributed by atoms with Gasteiger partial charge in [0.15, 0.2) is 0 Å². The van der Waals surface area contributed by atoms with Gasteiger partial charge in [0.05, 0.1) is 17.5 Å². The molecule has 24 heavy (non-hydrogen) atoms. The quantitative estimate of drug-likeness (QED) is 0.786. The number of nitrogens with one attached hydrogen (secondary N) is 1. The monoisotopic (exact) mass is 347 g/mol.